The van der Waals surface area contributed by atoms with Gasteiger partial charge in [0.15, 0.2) is 0 Å². The van der Waals surface area contributed by atoms with E-state index in [-0.39, 0.29) is 11.8 Å². The molecule has 0 bridgehead atoms. The molecule has 1 fully saturated rings. The zero-order valence-electron chi connectivity index (χ0n) is 9.85. The van der Waals surface area contributed by atoms with Crippen LogP contribution in [0.3, 0.4) is 0 Å². The van der Waals surface area contributed by atoms with Gasteiger partial charge < -0.3 is 10.4 Å². The number of hydrogen-bond donors (Lipinski definition) is 2. The Bertz CT molecular complexity index is 394. The van der Waals surface area contributed by atoms with Crippen LogP contribution in [0.4, 0.5) is 5.13 Å². The van der Waals surface area contributed by atoms with Gasteiger partial charge in [0.2, 0.25) is 5.13 Å². The minimum Gasteiger partial charge on any atom is -0.481 e. The van der Waals surface area contributed by atoms with Crippen molar-refractivity contribution in [3.63, 3.8) is 0 Å². The molecule has 1 aromatic rings. The van der Waals surface area contributed by atoms with Gasteiger partial charge in [0.1, 0.15) is 5.01 Å². The van der Waals surface area contributed by atoms with E-state index in [1.807, 2.05) is 6.92 Å². The van der Waals surface area contributed by atoms with Crippen molar-refractivity contribution in [3.05, 3.63) is 5.01 Å². The maximum absolute atomic E-state index is 11.1. The lowest BCUT2D eigenvalue weighted by Crippen LogP contribution is -2.31. The van der Waals surface area contributed by atoms with Crippen LogP contribution in [-0.2, 0) is 4.79 Å². The van der Waals surface area contributed by atoms with Crippen molar-refractivity contribution in [1.29, 1.82) is 0 Å². The summed E-state index contributed by atoms with van der Waals surface area (Å²) in [4.78, 5) is 11.1. The lowest BCUT2D eigenvalue weighted by atomic mass is 9.79. The van der Waals surface area contributed by atoms with E-state index in [2.05, 4.69) is 15.5 Å². The third-order valence-electron chi connectivity index (χ3n) is 3.27. The number of carboxylic acids is 1. The van der Waals surface area contributed by atoms with Crippen molar-refractivity contribution >= 4 is 22.4 Å². The van der Waals surface area contributed by atoms with E-state index in [4.69, 9.17) is 5.11 Å². The fraction of sp³-hybridized carbons (Fsp3) is 0.727. The fourth-order valence-corrected chi connectivity index (χ4v) is 2.96. The molecule has 2 atom stereocenters. The number of aliphatic carboxylic acids is 1. The molecule has 94 valence electrons. The van der Waals surface area contributed by atoms with Crippen molar-refractivity contribution < 1.29 is 9.90 Å². The molecule has 2 rings (SSSR count). The van der Waals surface area contributed by atoms with E-state index >= 15 is 0 Å². The Morgan fingerprint density at radius 3 is 2.88 bits per heavy atom. The van der Waals surface area contributed by atoms with Crippen molar-refractivity contribution in [2.75, 3.05) is 11.9 Å². The van der Waals surface area contributed by atoms with E-state index < -0.39 is 5.97 Å². The smallest absolute Gasteiger partial charge is 0.306 e. The lowest BCUT2D eigenvalue weighted by molar-refractivity contribution is -0.144. The number of carboxylic acid groups (broad SMARTS) is 1. The SMILES string of the molecule is Cc1nnc(NCC2CCCCC2C(=O)O)s1. The fourth-order valence-electron chi connectivity index (χ4n) is 2.36. The highest BCUT2D eigenvalue weighted by Crippen LogP contribution is 2.30. The molecule has 0 spiro atoms. The Morgan fingerprint density at radius 1 is 1.47 bits per heavy atom. The third-order valence-corrected chi connectivity index (χ3v) is 4.06. The van der Waals surface area contributed by atoms with Crippen LogP contribution in [-0.4, -0.2) is 27.8 Å². The highest BCUT2D eigenvalue weighted by Gasteiger charge is 2.30. The molecule has 0 aromatic carbocycles. The zero-order chi connectivity index (χ0) is 12.3. The summed E-state index contributed by atoms with van der Waals surface area (Å²) in [5, 5.41) is 22.0. The summed E-state index contributed by atoms with van der Waals surface area (Å²) in [5.74, 6) is -0.652. The predicted octanol–water partition coefficient (Wildman–Crippen LogP) is 2.15. The average molecular weight is 255 g/mol. The summed E-state index contributed by atoms with van der Waals surface area (Å²) in [5.41, 5.74) is 0. The molecule has 0 radical (unpaired) electrons. The van der Waals surface area contributed by atoms with Gasteiger partial charge in [-0.2, -0.15) is 0 Å². The normalized spacial score (nSPS) is 24.5. The first-order valence-electron chi connectivity index (χ1n) is 5.93. The number of anilines is 1. The van der Waals surface area contributed by atoms with E-state index in [9.17, 15) is 4.79 Å². The number of nitrogens with zero attached hydrogens (tertiary/aromatic N) is 2. The Balaban J connectivity index is 1.90. The standard InChI is InChI=1S/C11H17N3O2S/c1-7-13-14-11(17-7)12-6-8-4-2-3-5-9(8)10(15)16/h8-9H,2-6H2,1H3,(H,12,14)(H,15,16). The maximum Gasteiger partial charge on any atom is 0.306 e. The summed E-state index contributed by atoms with van der Waals surface area (Å²) >= 11 is 1.51. The maximum atomic E-state index is 11.1. The van der Waals surface area contributed by atoms with Crippen LogP contribution in [0.15, 0.2) is 0 Å². The number of nitrogens with one attached hydrogen (secondary N) is 1. The first kappa shape index (κ1) is 12.3. The van der Waals surface area contributed by atoms with Crippen LogP contribution < -0.4 is 5.32 Å². The first-order valence-corrected chi connectivity index (χ1v) is 6.75. The summed E-state index contributed by atoms with van der Waals surface area (Å²) < 4.78 is 0. The molecule has 0 saturated heterocycles. The number of rotatable bonds is 4. The molecule has 1 aliphatic rings. The summed E-state index contributed by atoms with van der Waals surface area (Å²) in [7, 11) is 0. The van der Waals surface area contributed by atoms with Crippen LogP contribution in [0.2, 0.25) is 0 Å². The molecule has 1 heterocycles. The average Bonchev–Trinajstić information content (AvgIpc) is 2.73. The molecule has 2 unspecified atom stereocenters. The van der Waals surface area contributed by atoms with Gasteiger partial charge in [-0.1, -0.05) is 24.2 Å². The van der Waals surface area contributed by atoms with Crippen molar-refractivity contribution in [3.8, 4) is 0 Å². The van der Waals surface area contributed by atoms with Gasteiger partial charge in [-0.15, -0.1) is 10.2 Å². The van der Waals surface area contributed by atoms with Crippen molar-refractivity contribution in [2.24, 2.45) is 11.8 Å². The molecule has 6 heteroatoms. The quantitative estimate of drug-likeness (QED) is 0.862. The molecular formula is C11H17N3O2S. The Morgan fingerprint density at radius 2 is 2.24 bits per heavy atom. The van der Waals surface area contributed by atoms with Crippen LogP contribution >= 0.6 is 11.3 Å². The number of hydrogen-bond acceptors (Lipinski definition) is 5. The van der Waals surface area contributed by atoms with E-state index in [1.54, 1.807) is 0 Å². The van der Waals surface area contributed by atoms with E-state index in [0.717, 1.165) is 35.8 Å². The Labute approximate surface area is 104 Å². The Kier molecular flexibility index (Phi) is 3.93. The highest BCUT2D eigenvalue weighted by molar-refractivity contribution is 7.15. The molecule has 17 heavy (non-hydrogen) atoms. The lowest BCUT2D eigenvalue weighted by Gasteiger charge is -2.28. The highest BCUT2D eigenvalue weighted by atomic mass is 32.1. The topological polar surface area (TPSA) is 75.1 Å². The summed E-state index contributed by atoms with van der Waals surface area (Å²) in [6, 6.07) is 0. The molecule has 1 saturated carbocycles. The molecule has 0 amide bonds. The summed E-state index contributed by atoms with van der Waals surface area (Å²) in [6.07, 6.45) is 3.95. The van der Waals surface area contributed by atoms with Gasteiger partial charge in [0.05, 0.1) is 5.92 Å². The monoisotopic (exact) mass is 255 g/mol. The van der Waals surface area contributed by atoms with Crippen LogP contribution in [0.1, 0.15) is 30.7 Å². The van der Waals surface area contributed by atoms with Crippen molar-refractivity contribution in [1.82, 2.24) is 10.2 Å². The second kappa shape index (κ2) is 5.44. The number of aromatic nitrogens is 2. The van der Waals surface area contributed by atoms with Gasteiger partial charge in [-0.25, -0.2) is 0 Å². The Hall–Kier alpha value is -1.17. The van der Waals surface area contributed by atoms with Gasteiger partial charge in [0, 0.05) is 6.54 Å². The predicted molar refractivity (Wildman–Crippen MR) is 66.2 cm³/mol. The largest absolute Gasteiger partial charge is 0.481 e. The minimum absolute atomic E-state index is 0.203. The van der Waals surface area contributed by atoms with Gasteiger partial charge in [-0.3, -0.25) is 4.79 Å². The van der Waals surface area contributed by atoms with Gasteiger partial charge in [-0.05, 0) is 25.7 Å². The van der Waals surface area contributed by atoms with Crippen LogP contribution in [0, 0.1) is 18.8 Å². The van der Waals surface area contributed by atoms with E-state index in [1.165, 1.54) is 11.3 Å². The molecule has 5 nitrogen and oxygen atoms in total. The van der Waals surface area contributed by atoms with E-state index in [0.29, 0.717) is 6.54 Å². The van der Waals surface area contributed by atoms with Gasteiger partial charge in [0.25, 0.3) is 0 Å². The molecule has 1 aromatic heterocycles. The van der Waals surface area contributed by atoms with Crippen molar-refractivity contribution in [2.45, 2.75) is 32.6 Å². The third kappa shape index (κ3) is 3.15. The molecule has 0 aliphatic heterocycles. The van der Waals surface area contributed by atoms with Crippen LogP contribution in [0.5, 0.6) is 0 Å². The second-order valence-corrected chi connectivity index (χ2v) is 5.68. The molecular weight excluding hydrogens is 238 g/mol. The number of aryl methyl sites for hydroxylation is 1. The zero-order valence-corrected chi connectivity index (χ0v) is 10.7. The second-order valence-electron chi connectivity index (χ2n) is 4.50. The summed E-state index contributed by atoms with van der Waals surface area (Å²) in [6.45, 7) is 2.59. The molecule has 1 aliphatic carbocycles. The molecule has 2 N–H and O–H groups in total. The minimum atomic E-state index is -0.662. The first-order chi connectivity index (χ1) is 8.16. The number of carbonyl (C=O) groups is 1. The van der Waals surface area contributed by atoms with Crippen LogP contribution in [0.25, 0.3) is 0 Å². The van der Waals surface area contributed by atoms with Gasteiger partial charge >= 0.3 is 5.97 Å².